The lowest BCUT2D eigenvalue weighted by atomic mass is 10.1. The molecule has 154 valence electrons. The number of hydrogen-bond donors (Lipinski definition) is 1. The fourth-order valence-corrected chi connectivity index (χ4v) is 3.49. The van der Waals surface area contributed by atoms with Crippen molar-refractivity contribution >= 4 is 45.2 Å². The van der Waals surface area contributed by atoms with Crippen LogP contribution in [-0.2, 0) is 11.4 Å². The Morgan fingerprint density at radius 1 is 1.10 bits per heavy atom. The smallest absolute Gasteiger partial charge is 0.248 e. The summed E-state index contributed by atoms with van der Waals surface area (Å²) in [5.41, 5.74) is 3.65. The lowest BCUT2D eigenvalue weighted by molar-refractivity contribution is -0.111. The highest BCUT2D eigenvalue weighted by molar-refractivity contribution is 9.10. The molecule has 0 spiro atoms. The summed E-state index contributed by atoms with van der Waals surface area (Å²) in [5, 5.41) is 3.22. The number of methoxy groups -OCH3 is 1. The Morgan fingerprint density at radius 3 is 2.63 bits per heavy atom. The zero-order valence-electron chi connectivity index (χ0n) is 16.6. The third kappa shape index (κ3) is 5.88. The van der Waals surface area contributed by atoms with E-state index in [0.29, 0.717) is 28.8 Å². The molecule has 0 aliphatic carbocycles. The molecule has 3 aromatic carbocycles. The maximum absolute atomic E-state index is 12.2. The van der Waals surface area contributed by atoms with Crippen LogP contribution in [0.4, 0.5) is 5.69 Å². The van der Waals surface area contributed by atoms with Gasteiger partial charge in [-0.2, -0.15) is 0 Å². The number of nitrogens with one attached hydrogen (secondary N) is 1. The topological polar surface area (TPSA) is 47.6 Å². The highest BCUT2D eigenvalue weighted by Crippen LogP contribution is 2.30. The van der Waals surface area contributed by atoms with E-state index in [1.165, 1.54) is 11.6 Å². The van der Waals surface area contributed by atoms with E-state index in [0.717, 1.165) is 15.6 Å². The van der Waals surface area contributed by atoms with Gasteiger partial charge in [-0.15, -0.1) is 0 Å². The van der Waals surface area contributed by atoms with E-state index in [4.69, 9.17) is 21.1 Å². The minimum atomic E-state index is -0.280. The van der Waals surface area contributed by atoms with Gasteiger partial charge in [0.2, 0.25) is 5.91 Å². The molecule has 0 radical (unpaired) electrons. The number of benzene rings is 3. The van der Waals surface area contributed by atoms with Gasteiger partial charge in [0.15, 0.2) is 11.5 Å². The molecule has 6 heteroatoms. The third-order valence-corrected chi connectivity index (χ3v) is 5.25. The highest BCUT2D eigenvalue weighted by Gasteiger charge is 2.07. The quantitative estimate of drug-likeness (QED) is 0.380. The molecule has 0 aliphatic rings. The second-order valence-corrected chi connectivity index (χ2v) is 7.90. The second kappa shape index (κ2) is 10.3. The number of aryl methyl sites for hydroxylation is 1. The van der Waals surface area contributed by atoms with Crippen molar-refractivity contribution in [2.75, 3.05) is 12.4 Å². The predicted octanol–water partition coefficient (Wildman–Crippen LogP) is 6.65. The first-order valence-electron chi connectivity index (χ1n) is 9.25. The van der Waals surface area contributed by atoms with E-state index in [1.807, 2.05) is 42.5 Å². The van der Waals surface area contributed by atoms with Gasteiger partial charge in [-0.1, -0.05) is 57.9 Å². The molecule has 3 aromatic rings. The Balaban J connectivity index is 1.66. The SMILES string of the molecule is COc1cc(/C=C/C(=O)Nc2ccc(Br)cc2Cl)ccc1OCc1ccccc1C. The van der Waals surface area contributed by atoms with Gasteiger partial charge < -0.3 is 14.8 Å². The minimum Gasteiger partial charge on any atom is -0.493 e. The number of anilines is 1. The summed E-state index contributed by atoms with van der Waals surface area (Å²) in [4.78, 5) is 12.2. The summed E-state index contributed by atoms with van der Waals surface area (Å²) < 4.78 is 12.2. The van der Waals surface area contributed by atoms with Gasteiger partial charge in [0, 0.05) is 10.5 Å². The molecule has 0 atom stereocenters. The molecule has 0 heterocycles. The average molecular weight is 487 g/mol. The Bertz CT molecular complexity index is 1080. The Morgan fingerprint density at radius 2 is 1.90 bits per heavy atom. The molecule has 0 saturated carbocycles. The van der Waals surface area contributed by atoms with Crippen molar-refractivity contribution in [1.29, 1.82) is 0 Å². The maximum atomic E-state index is 12.2. The van der Waals surface area contributed by atoms with Gasteiger partial charge in [0.25, 0.3) is 0 Å². The zero-order valence-corrected chi connectivity index (χ0v) is 19.0. The van der Waals surface area contributed by atoms with Crippen LogP contribution in [0.15, 0.2) is 71.2 Å². The molecule has 4 nitrogen and oxygen atoms in total. The summed E-state index contributed by atoms with van der Waals surface area (Å²) >= 11 is 9.47. The van der Waals surface area contributed by atoms with Crippen LogP contribution in [0.5, 0.6) is 11.5 Å². The molecular weight excluding hydrogens is 466 g/mol. The Kier molecular flexibility index (Phi) is 7.55. The fraction of sp³-hybridized carbons (Fsp3) is 0.125. The van der Waals surface area contributed by atoms with Crippen LogP contribution in [0.1, 0.15) is 16.7 Å². The zero-order chi connectivity index (χ0) is 21.5. The van der Waals surface area contributed by atoms with Crippen molar-refractivity contribution in [3.63, 3.8) is 0 Å². The molecule has 0 unspecified atom stereocenters. The summed E-state index contributed by atoms with van der Waals surface area (Å²) in [6, 6.07) is 18.9. The third-order valence-electron chi connectivity index (χ3n) is 4.45. The molecule has 0 fully saturated rings. The van der Waals surface area contributed by atoms with E-state index in [1.54, 1.807) is 25.3 Å². The number of rotatable bonds is 7. The van der Waals surface area contributed by atoms with Gasteiger partial charge in [-0.05, 0) is 60.0 Å². The largest absolute Gasteiger partial charge is 0.493 e. The van der Waals surface area contributed by atoms with Gasteiger partial charge in [0.05, 0.1) is 17.8 Å². The molecule has 0 bridgehead atoms. The van der Waals surface area contributed by atoms with E-state index in [-0.39, 0.29) is 5.91 Å². The van der Waals surface area contributed by atoms with Gasteiger partial charge >= 0.3 is 0 Å². The first-order valence-corrected chi connectivity index (χ1v) is 10.4. The van der Waals surface area contributed by atoms with Crippen molar-refractivity contribution < 1.29 is 14.3 Å². The van der Waals surface area contributed by atoms with Crippen molar-refractivity contribution in [3.05, 3.63) is 92.9 Å². The summed E-state index contributed by atoms with van der Waals surface area (Å²) in [5.74, 6) is 0.962. The van der Waals surface area contributed by atoms with Crippen LogP contribution < -0.4 is 14.8 Å². The molecule has 3 rings (SSSR count). The average Bonchev–Trinajstić information content (AvgIpc) is 2.74. The van der Waals surface area contributed by atoms with Crippen LogP contribution in [-0.4, -0.2) is 13.0 Å². The van der Waals surface area contributed by atoms with E-state index < -0.39 is 0 Å². The van der Waals surface area contributed by atoms with Crippen LogP contribution in [0.2, 0.25) is 5.02 Å². The molecule has 0 aromatic heterocycles. The van der Waals surface area contributed by atoms with Crippen molar-refractivity contribution in [1.82, 2.24) is 0 Å². The van der Waals surface area contributed by atoms with E-state index in [2.05, 4.69) is 34.2 Å². The number of halogens is 2. The summed E-state index contributed by atoms with van der Waals surface area (Å²) in [6.45, 7) is 2.50. The molecule has 30 heavy (non-hydrogen) atoms. The lowest BCUT2D eigenvalue weighted by Crippen LogP contribution is -2.08. The van der Waals surface area contributed by atoms with Crippen LogP contribution in [0, 0.1) is 6.92 Å². The summed E-state index contributed by atoms with van der Waals surface area (Å²) in [6.07, 6.45) is 3.15. The van der Waals surface area contributed by atoms with Gasteiger partial charge in [-0.25, -0.2) is 0 Å². The van der Waals surface area contributed by atoms with Gasteiger partial charge in [0.1, 0.15) is 6.61 Å². The Hall–Kier alpha value is -2.76. The second-order valence-electron chi connectivity index (χ2n) is 6.57. The normalized spacial score (nSPS) is 10.8. The van der Waals surface area contributed by atoms with Crippen LogP contribution in [0.25, 0.3) is 6.08 Å². The fourth-order valence-electron chi connectivity index (χ4n) is 2.77. The highest BCUT2D eigenvalue weighted by atomic mass is 79.9. The number of hydrogen-bond acceptors (Lipinski definition) is 3. The van der Waals surface area contributed by atoms with E-state index >= 15 is 0 Å². The molecule has 1 N–H and O–H groups in total. The Labute approximate surface area is 189 Å². The lowest BCUT2D eigenvalue weighted by Gasteiger charge is -2.12. The predicted molar refractivity (Wildman–Crippen MR) is 125 cm³/mol. The van der Waals surface area contributed by atoms with Crippen molar-refractivity contribution in [2.45, 2.75) is 13.5 Å². The van der Waals surface area contributed by atoms with Crippen molar-refractivity contribution in [2.24, 2.45) is 0 Å². The summed E-state index contributed by atoms with van der Waals surface area (Å²) in [7, 11) is 1.59. The van der Waals surface area contributed by atoms with Crippen LogP contribution in [0.3, 0.4) is 0 Å². The van der Waals surface area contributed by atoms with Crippen molar-refractivity contribution in [3.8, 4) is 11.5 Å². The first kappa shape index (κ1) is 21.9. The number of amides is 1. The first-order chi connectivity index (χ1) is 14.5. The molecule has 0 aliphatic heterocycles. The molecular formula is C24H21BrClNO3. The number of carbonyl (C=O) groups is 1. The standard InChI is InChI=1S/C24H21BrClNO3/c1-16-5-3-4-6-18(16)15-30-22-11-7-17(13-23(22)29-2)8-12-24(28)27-21-10-9-19(25)14-20(21)26/h3-14H,15H2,1-2H3,(H,27,28)/b12-8+. The molecule has 1 amide bonds. The maximum Gasteiger partial charge on any atom is 0.248 e. The minimum absolute atomic E-state index is 0.280. The monoisotopic (exact) mass is 485 g/mol. The van der Waals surface area contributed by atoms with Crippen LogP contribution >= 0.6 is 27.5 Å². The molecule has 0 saturated heterocycles. The number of ether oxygens (including phenoxy) is 2. The number of carbonyl (C=O) groups excluding carboxylic acids is 1. The van der Waals surface area contributed by atoms with Gasteiger partial charge in [-0.3, -0.25) is 4.79 Å². The van der Waals surface area contributed by atoms with E-state index in [9.17, 15) is 4.79 Å².